The van der Waals surface area contributed by atoms with E-state index in [2.05, 4.69) is 20.3 Å². The van der Waals surface area contributed by atoms with Gasteiger partial charge in [-0.25, -0.2) is 27.0 Å². The third-order valence-electron chi connectivity index (χ3n) is 12.4. The summed E-state index contributed by atoms with van der Waals surface area (Å²) < 4.78 is 86.1. The minimum absolute atomic E-state index is 0.0990. The van der Waals surface area contributed by atoms with Crippen LogP contribution in [-0.4, -0.2) is 114 Å². The SMILES string of the molecule is CC[C@@H]1O[C@@H](C)CC/C=C\[C@@H]2C[C@@]2(C(=O)NS(=O)(=O)C2(C)CC2)NC(=O)[C@@H]2C[C@@H](Oc3nccc4c5c(ccc34)OCCO5)CN2C(=O)[C@H]1NC(=O)OC(C)(C)C(C)(F)F. The molecule has 0 spiro atoms. The number of sulfonamides is 1. The van der Waals surface area contributed by atoms with E-state index in [-0.39, 0.29) is 31.7 Å². The molecular formula is C41H53F2N5O11S. The Balaban J connectivity index is 1.24. The summed E-state index contributed by atoms with van der Waals surface area (Å²) in [5.41, 5.74) is -3.91. The van der Waals surface area contributed by atoms with E-state index in [1.54, 1.807) is 45.0 Å². The zero-order valence-corrected chi connectivity index (χ0v) is 35.4. The van der Waals surface area contributed by atoms with Crippen molar-refractivity contribution in [2.24, 2.45) is 5.92 Å². The summed E-state index contributed by atoms with van der Waals surface area (Å²) in [6.45, 7) is 8.26. The van der Waals surface area contributed by atoms with Crippen molar-refractivity contribution in [2.45, 2.75) is 139 Å². The number of alkyl carbamates (subject to hydrolysis) is 1. The van der Waals surface area contributed by atoms with Crippen molar-refractivity contribution < 1.29 is 60.1 Å². The van der Waals surface area contributed by atoms with Crippen molar-refractivity contribution >= 4 is 44.6 Å². The van der Waals surface area contributed by atoms with Crippen molar-refractivity contribution in [1.82, 2.24) is 25.2 Å². The number of aromatic nitrogens is 1. The first-order valence-corrected chi connectivity index (χ1v) is 21.9. The van der Waals surface area contributed by atoms with Gasteiger partial charge in [0.05, 0.1) is 23.5 Å². The van der Waals surface area contributed by atoms with Crippen LogP contribution in [0.5, 0.6) is 17.4 Å². The van der Waals surface area contributed by atoms with Crippen LogP contribution in [0.4, 0.5) is 13.6 Å². The summed E-state index contributed by atoms with van der Waals surface area (Å²) in [6, 6.07) is 2.37. The molecule has 19 heteroatoms. The number of carbonyl (C=O) groups excluding carboxylic acids is 4. The van der Waals surface area contributed by atoms with Gasteiger partial charge in [-0.3, -0.25) is 19.1 Å². The van der Waals surface area contributed by atoms with E-state index >= 15 is 0 Å². The van der Waals surface area contributed by atoms with Gasteiger partial charge in [-0.1, -0.05) is 19.1 Å². The van der Waals surface area contributed by atoms with Crippen molar-refractivity contribution in [1.29, 1.82) is 0 Å². The van der Waals surface area contributed by atoms with Gasteiger partial charge in [-0.05, 0) is 84.4 Å². The van der Waals surface area contributed by atoms with Crippen LogP contribution in [0.2, 0.25) is 0 Å². The standard InChI is InChI=1S/C41H53F2N5O11S/c1-7-29-31(45-37(52)59-38(3,4)40(6,42)43)35(50)48-22-25(58-34-27-12-13-30-32(56-19-18-55-30)26(27)14-17-44-34)20-28(48)33(49)46-41(21-24(41)11-9-8-10-23(2)57-29)36(51)47-60(53,54)39(5)15-16-39/h9,11-14,17,23-25,28-29,31H,7-8,10,15-16,18-22H2,1-6H3,(H,45,52)(H,46,49)(H,47,51)/b11-9-/t23-,24+,25+,28-,29-,31-,41+/m0/s1. The fourth-order valence-corrected chi connectivity index (χ4v) is 9.08. The Bertz CT molecular complexity index is 2180. The quantitative estimate of drug-likeness (QED) is 0.303. The molecule has 2 aromatic rings. The second-order valence-corrected chi connectivity index (χ2v) is 19.4. The number of alkyl halides is 2. The Labute approximate surface area is 347 Å². The van der Waals surface area contributed by atoms with Gasteiger partial charge in [0, 0.05) is 36.2 Å². The van der Waals surface area contributed by atoms with Gasteiger partial charge in [0.25, 0.3) is 11.8 Å². The molecule has 7 atom stereocenters. The van der Waals surface area contributed by atoms with Crippen molar-refractivity contribution in [3.63, 3.8) is 0 Å². The second kappa shape index (κ2) is 15.9. The van der Waals surface area contributed by atoms with E-state index in [4.69, 9.17) is 23.7 Å². The number of amides is 4. The van der Waals surface area contributed by atoms with Crippen LogP contribution in [0.25, 0.3) is 10.8 Å². The minimum Gasteiger partial charge on any atom is -0.486 e. The summed E-state index contributed by atoms with van der Waals surface area (Å²) in [4.78, 5) is 62.6. The molecule has 3 N–H and O–H groups in total. The van der Waals surface area contributed by atoms with E-state index in [1.165, 1.54) is 11.1 Å². The number of fused-ring (bicyclic) bond motifs is 5. The highest BCUT2D eigenvalue weighted by atomic mass is 32.2. The number of halogens is 2. The largest absolute Gasteiger partial charge is 0.486 e. The van der Waals surface area contributed by atoms with Crippen molar-refractivity contribution in [3.8, 4) is 17.4 Å². The number of nitrogens with one attached hydrogen (secondary N) is 3. The van der Waals surface area contributed by atoms with Gasteiger partial charge >= 0.3 is 6.09 Å². The third-order valence-corrected chi connectivity index (χ3v) is 14.5. The minimum atomic E-state index is -4.08. The van der Waals surface area contributed by atoms with E-state index in [1.807, 2.05) is 6.08 Å². The number of hydrogen-bond donors (Lipinski definition) is 3. The van der Waals surface area contributed by atoms with Crippen LogP contribution >= 0.6 is 0 Å². The van der Waals surface area contributed by atoms with Crippen LogP contribution in [0.3, 0.4) is 0 Å². The van der Waals surface area contributed by atoms with E-state index in [0.29, 0.717) is 68.1 Å². The highest BCUT2D eigenvalue weighted by Gasteiger charge is 2.63. The summed E-state index contributed by atoms with van der Waals surface area (Å²) in [5, 5.41) is 6.53. The summed E-state index contributed by atoms with van der Waals surface area (Å²) >= 11 is 0. The molecule has 2 saturated carbocycles. The van der Waals surface area contributed by atoms with Gasteiger partial charge in [0.1, 0.15) is 36.9 Å². The van der Waals surface area contributed by atoms with Gasteiger partial charge in [0.2, 0.25) is 27.7 Å². The third kappa shape index (κ3) is 8.43. The predicted molar refractivity (Wildman–Crippen MR) is 212 cm³/mol. The summed E-state index contributed by atoms with van der Waals surface area (Å²) in [6.07, 6.45) is 3.29. The fourth-order valence-electron chi connectivity index (χ4n) is 7.77. The number of hydrogen-bond acceptors (Lipinski definition) is 12. The maximum absolute atomic E-state index is 14.9. The van der Waals surface area contributed by atoms with Crippen LogP contribution in [0.1, 0.15) is 86.5 Å². The van der Waals surface area contributed by atoms with Crippen LogP contribution in [0, 0.1) is 5.92 Å². The molecule has 3 aliphatic heterocycles. The molecule has 0 radical (unpaired) electrons. The predicted octanol–water partition coefficient (Wildman–Crippen LogP) is 4.29. The van der Waals surface area contributed by atoms with Gasteiger partial charge < -0.3 is 39.2 Å². The Morgan fingerprint density at radius 1 is 1.10 bits per heavy atom. The first kappa shape index (κ1) is 43.3. The van der Waals surface area contributed by atoms with E-state index in [9.17, 15) is 36.4 Å². The number of carbonyl (C=O) groups is 4. The zero-order valence-electron chi connectivity index (χ0n) is 34.5. The Morgan fingerprint density at radius 3 is 2.53 bits per heavy atom. The summed E-state index contributed by atoms with van der Waals surface area (Å²) in [5.74, 6) is -5.23. The molecule has 1 aromatic carbocycles. The Morgan fingerprint density at radius 2 is 1.83 bits per heavy atom. The molecule has 5 aliphatic rings. The molecular weight excluding hydrogens is 809 g/mol. The molecule has 1 saturated heterocycles. The van der Waals surface area contributed by atoms with Crippen molar-refractivity contribution in [3.05, 3.63) is 36.5 Å². The van der Waals surface area contributed by atoms with Gasteiger partial charge in [-0.15, -0.1) is 0 Å². The normalized spacial score (nSPS) is 29.8. The Kier molecular flexibility index (Phi) is 11.5. The number of allylic oxidation sites excluding steroid dienone is 1. The average molecular weight is 862 g/mol. The monoisotopic (exact) mass is 861 g/mol. The molecule has 0 bridgehead atoms. The molecule has 328 valence electrons. The van der Waals surface area contributed by atoms with Crippen molar-refractivity contribution in [2.75, 3.05) is 19.8 Å². The molecule has 0 unspecified atom stereocenters. The second-order valence-electron chi connectivity index (χ2n) is 17.2. The molecule has 3 fully saturated rings. The lowest BCUT2D eigenvalue weighted by Gasteiger charge is -2.35. The lowest BCUT2D eigenvalue weighted by atomic mass is 10.0. The van der Waals surface area contributed by atoms with Crippen LogP contribution < -0.4 is 29.6 Å². The first-order valence-electron chi connectivity index (χ1n) is 20.4. The maximum atomic E-state index is 14.9. The molecule has 4 amide bonds. The number of benzene rings is 1. The number of nitrogens with zero attached hydrogens (tertiary/aromatic N) is 2. The van der Waals surface area contributed by atoms with E-state index < -0.39 is 92.0 Å². The smallest absolute Gasteiger partial charge is 0.408 e. The topological polar surface area (TPSA) is 201 Å². The highest BCUT2D eigenvalue weighted by Crippen LogP contribution is 2.48. The molecule has 16 nitrogen and oxygen atoms in total. The van der Waals surface area contributed by atoms with Gasteiger partial charge in [-0.2, -0.15) is 0 Å². The van der Waals surface area contributed by atoms with E-state index in [0.717, 1.165) is 13.8 Å². The lowest BCUT2D eigenvalue weighted by molar-refractivity contribution is -0.153. The van der Waals surface area contributed by atoms with Crippen LogP contribution in [0.15, 0.2) is 36.5 Å². The molecule has 2 aliphatic carbocycles. The summed E-state index contributed by atoms with van der Waals surface area (Å²) in [7, 11) is -4.08. The fraction of sp³-hybridized carbons (Fsp3) is 0.634. The maximum Gasteiger partial charge on any atom is 0.408 e. The highest BCUT2D eigenvalue weighted by molar-refractivity contribution is 7.91. The number of rotatable bonds is 9. The van der Waals surface area contributed by atoms with Gasteiger partial charge in [0.15, 0.2) is 17.1 Å². The molecule has 1 aromatic heterocycles. The lowest BCUT2D eigenvalue weighted by Crippen LogP contribution is -2.61. The van der Waals surface area contributed by atoms with Crippen LogP contribution in [-0.2, 0) is 33.9 Å². The zero-order chi connectivity index (χ0) is 43.4. The first-order chi connectivity index (χ1) is 28.2. The molecule has 60 heavy (non-hydrogen) atoms. The molecule has 7 rings (SSSR count). The Hall–Kier alpha value is -4.78. The molecule has 4 heterocycles. The number of pyridine rings is 1. The average Bonchev–Trinajstić information content (AvgIpc) is 4.07. The number of ether oxygens (including phenoxy) is 5.